The van der Waals surface area contributed by atoms with Crippen LogP contribution in [-0.4, -0.2) is 59.7 Å². The van der Waals surface area contributed by atoms with Crippen LogP contribution in [0.3, 0.4) is 0 Å². The van der Waals surface area contributed by atoms with Crippen molar-refractivity contribution in [1.82, 2.24) is 9.55 Å². The summed E-state index contributed by atoms with van der Waals surface area (Å²) in [5, 5.41) is 10.0. The quantitative estimate of drug-likeness (QED) is 0.267. The molecule has 170 valence electrons. The van der Waals surface area contributed by atoms with E-state index in [1.54, 1.807) is 20.5 Å². The molecular formula is C19H31BFN2O6W-. The Balaban J connectivity index is 0.000000801. The van der Waals surface area contributed by atoms with Crippen LogP contribution in [0, 0.1) is 12.5 Å². The van der Waals surface area contributed by atoms with E-state index in [2.05, 4.69) is 13.8 Å². The predicted molar refractivity (Wildman–Crippen MR) is 107 cm³/mol. The standard InChI is InChI=1S/C13H19FN2O5.C6H12BO.W/c1-7(2)20-6-8-10(18)13(3,14)11(21-8)16-5-4-9(17)15-12(16)19;1-6(2)5-8-4-3-7;/h4-5,7-8,10-11,18H,6H2,1-3H3,(H,15,17,19);4,6H,3,5H2,1-2H3;/q;-1;/t8-,10-,11-,13-;;/m1../s1. The summed E-state index contributed by atoms with van der Waals surface area (Å²) in [5.41, 5.74) is -3.57. The van der Waals surface area contributed by atoms with Crippen LogP contribution in [0.15, 0.2) is 21.9 Å². The van der Waals surface area contributed by atoms with Gasteiger partial charge in [-0.1, -0.05) is 13.8 Å². The van der Waals surface area contributed by atoms with E-state index < -0.39 is 35.4 Å². The molecule has 1 aliphatic heterocycles. The average Bonchev–Trinajstić information content (AvgIpc) is 2.84. The summed E-state index contributed by atoms with van der Waals surface area (Å²) < 4.78 is 31.4. The minimum absolute atomic E-state index is 0. The van der Waals surface area contributed by atoms with Gasteiger partial charge in [0.2, 0.25) is 0 Å². The van der Waals surface area contributed by atoms with Crippen LogP contribution >= 0.6 is 0 Å². The van der Waals surface area contributed by atoms with Gasteiger partial charge in [-0.3, -0.25) is 14.3 Å². The number of nitrogens with one attached hydrogen (secondary N) is 1. The molecule has 8 nitrogen and oxygen atoms in total. The molecule has 1 aromatic rings. The summed E-state index contributed by atoms with van der Waals surface area (Å²) >= 11 is 0. The van der Waals surface area contributed by atoms with Crippen molar-refractivity contribution in [3.63, 3.8) is 0 Å². The maximum absolute atomic E-state index is 14.7. The number of ether oxygens (including phenoxy) is 3. The third kappa shape index (κ3) is 8.75. The minimum atomic E-state index is -2.19. The molecule has 2 rings (SSSR count). The zero-order valence-corrected chi connectivity index (χ0v) is 21.0. The number of H-pyrrole nitrogens is 1. The summed E-state index contributed by atoms with van der Waals surface area (Å²) in [7, 11) is 5.13. The Labute approximate surface area is 192 Å². The topological polar surface area (TPSA) is 103 Å². The molecule has 0 saturated carbocycles. The molecule has 0 unspecified atom stereocenters. The molecule has 1 saturated heterocycles. The van der Waals surface area contributed by atoms with E-state index in [-0.39, 0.29) is 33.8 Å². The third-order valence-corrected chi connectivity index (χ3v) is 4.06. The first-order chi connectivity index (χ1) is 13.5. The number of hydrogen-bond acceptors (Lipinski definition) is 6. The van der Waals surface area contributed by atoms with Gasteiger partial charge < -0.3 is 19.3 Å². The van der Waals surface area contributed by atoms with Gasteiger partial charge in [-0.15, -0.1) is 0 Å². The Hall–Kier alpha value is -0.797. The number of halogens is 1. The Bertz CT molecular complexity index is 727. The molecule has 1 aliphatic rings. The molecule has 0 bridgehead atoms. The number of aromatic nitrogens is 2. The summed E-state index contributed by atoms with van der Waals surface area (Å²) in [6, 6.07) is 1.09. The van der Waals surface area contributed by atoms with Crippen LogP contribution < -0.4 is 11.2 Å². The van der Waals surface area contributed by atoms with E-state index >= 15 is 0 Å². The predicted octanol–water partition coefficient (Wildman–Crippen LogP) is 1.35. The molecule has 4 atom stereocenters. The summed E-state index contributed by atoms with van der Waals surface area (Å²) in [4.78, 5) is 24.8. The molecular weight excluding hydrogens is 566 g/mol. The van der Waals surface area contributed by atoms with Gasteiger partial charge in [-0.25, -0.2) is 15.8 Å². The molecule has 2 heterocycles. The Morgan fingerprint density at radius 3 is 2.53 bits per heavy atom. The smallest absolute Gasteiger partial charge is 0.330 e. The van der Waals surface area contributed by atoms with Crippen LogP contribution in [0.2, 0.25) is 6.32 Å². The van der Waals surface area contributed by atoms with Crippen molar-refractivity contribution in [2.24, 2.45) is 5.92 Å². The first-order valence-corrected chi connectivity index (χ1v) is 9.59. The molecule has 2 radical (unpaired) electrons. The number of aromatic amines is 1. The molecule has 2 N–H and O–H groups in total. The van der Waals surface area contributed by atoms with Gasteiger partial charge in [0.15, 0.2) is 11.9 Å². The first kappa shape index (κ1) is 29.2. The monoisotopic (exact) mass is 597 g/mol. The third-order valence-electron chi connectivity index (χ3n) is 4.06. The fraction of sp³-hybridized carbons (Fsp3) is 0.737. The van der Waals surface area contributed by atoms with Crippen molar-refractivity contribution in [3.05, 3.63) is 39.7 Å². The fourth-order valence-electron chi connectivity index (χ4n) is 2.58. The van der Waals surface area contributed by atoms with Crippen LogP contribution in [-0.2, 0) is 35.3 Å². The van der Waals surface area contributed by atoms with E-state index in [0.717, 1.165) is 30.4 Å². The van der Waals surface area contributed by atoms with Gasteiger partial charge in [0.25, 0.3) is 5.56 Å². The van der Waals surface area contributed by atoms with Crippen LogP contribution in [0.4, 0.5) is 4.39 Å². The SMILES string of the molecule is CC(C)OC[C@H]1O[C@@H](n2ccc(=O)[nH]c2=O)[C@](C)(F)[C@@H]1O.[B]C[CH-]OCC(C)C.[W]. The van der Waals surface area contributed by atoms with Crippen molar-refractivity contribution in [2.75, 3.05) is 13.2 Å². The molecule has 11 heteroatoms. The van der Waals surface area contributed by atoms with Gasteiger partial charge in [-0.05, 0) is 26.7 Å². The van der Waals surface area contributed by atoms with Gasteiger partial charge in [0.05, 0.1) is 12.7 Å². The number of nitrogens with zero attached hydrogens (tertiary/aromatic N) is 1. The van der Waals surface area contributed by atoms with Crippen LogP contribution in [0.5, 0.6) is 0 Å². The van der Waals surface area contributed by atoms with Crippen molar-refractivity contribution in [1.29, 1.82) is 0 Å². The molecule has 1 fully saturated rings. The normalized spacial score (nSPS) is 25.7. The van der Waals surface area contributed by atoms with E-state index in [0.29, 0.717) is 12.2 Å². The molecule has 1 aromatic heterocycles. The van der Waals surface area contributed by atoms with Gasteiger partial charge >= 0.3 is 5.69 Å². The second kappa shape index (κ2) is 13.6. The zero-order valence-electron chi connectivity index (χ0n) is 18.0. The van der Waals surface area contributed by atoms with Crippen molar-refractivity contribution in [2.45, 2.75) is 71.1 Å². The van der Waals surface area contributed by atoms with Crippen molar-refractivity contribution in [3.8, 4) is 0 Å². The summed E-state index contributed by atoms with van der Waals surface area (Å²) in [5.74, 6) is 0.595. The minimum Gasteiger partial charge on any atom is -0.552 e. The van der Waals surface area contributed by atoms with Gasteiger partial charge in [0, 0.05) is 47.8 Å². The molecule has 30 heavy (non-hydrogen) atoms. The van der Waals surface area contributed by atoms with Gasteiger partial charge in [-0.2, -0.15) is 6.32 Å². The number of aliphatic hydroxyl groups excluding tert-OH is 1. The van der Waals surface area contributed by atoms with Crippen LogP contribution in [0.1, 0.15) is 40.8 Å². The van der Waals surface area contributed by atoms with E-state index in [1.807, 2.05) is 4.98 Å². The Kier molecular flexibility index (Phi) is 13.2. The maximum atomic E-state index is 14.7. The van der Waals surface area contributed by atoms with Crippen LogP contribution in [0.25, 0.3) is 0 Å². The second-order valence-electron chi connectivity index (χ2n) is 7.65. The van der Waals surface area contributed by atoms with E-state index in [9.17, 15) is 19.1 Å². The van der Waals surface area contributed by atoms with Crippen molar-refractivity contribution < 1.29 is 44.8 Å². The summed E-state index contributed by atoms with van der Waals surface area (Å²) in [6.45, 7) is 11.4. The average molecular weight is 597 g/mol. The molecule has 0 aromatic carbocycles. The fourth-order valence-corrected chi connectivity index (χ4v) is 2.58. The van der Waals surface area contributed by atoms with Crippen molar-refractivity contribution >= 4 is 7.85 Å². The number of rotatable bonds is 8. The first-order valence-electron chi connectivity index (χ1n) is 9.59. The molecule has 0 aliphatic carbocycles. The summed E-state index contributed by atoms with van der Waals surface area (Å²) in [6.07, 6.45) is -2.13. The zero-order chi connectivity index (χ0) is 22.2. The number of alkyl halides is 1. The molecule has 0 spiro atoms. The maximum Gasteiger partial charge on any atom is 0.330 e. The van der Waals surface area contributed by atoms with E-state index in [1.165, 1.54) is 0 Å². The second-order valence-corrected chi connectivity index (χ2v) is 7.65. The van der Waals surface area contributed by atoms with E-state index in [4.69, 9.17) is 22.1 Å². The Morgan fingerprint density at radius 2 is 2.03 bits per heavy atom. The largest absolute Gasteiger partial charge is 0.552 e. The van der Waals surface area contributed by atoms with Gasteiger partial charge in [0.1, 0.15) is 12.2 Å². The number of hydrogen-bond donors (Lipinski definition) is 2. The molecule has 0 amide bonds. The Morgan fingerprint density at radius 1 is 1.40 bits per heavy atom. The number of aliphatic hydroxyl groups is 1.